The van der Waals surface area contributed by atoms with Gasteiger partial charge in [0.15, 0.2) is 0 Å². The molecule has 5 heterocycles. The quantitative estimate of drug-likeness (QED) is 0.0870. The fourth-order valence-corrected chi connectivity index (χ4v) is 12.1. The van der Waals surface area contributed by atoms with E-state index in [-0.39, 0.29) is 66.4 Å². The minimum absolute atomic E-state index is 0.00196. The zero-order valence-electron chi connectivity index (χ0n) is 51.7. The van der Waals surface area contributed by atoms with Gasteiger partial charge in [0.1, 0.15) is 39.9 Å². The molecule has 5 aromatic rings. The highest BCUT2D eigenvalue weighted by atomic mass is 16.6. The average Bonchev–Trinajstić information content (AvgIpc) is 3.30. The monoisotopic (exact) mass is 1170 g/mol. The molecule has 17 heteroatoms. The number of fused-ring (bicyclic) bond motifs is 2. The van der Waals surface area contributed by atoms with Gasteiger partial charge in [-0.05, 0) is 188 Å². The van der Waals surface area contributed by atoms with Gasteiger partial charge >= 0.3 is 12.2 Å². The van der Waals surface area contributed by atoms with Crippen LogP contribution in [-0.2, 0) is 22.6 Å². The second-order valence-electron chi connectivity index (χ2n) is 25.2. The van der Waals surface area contributed by atoms with Crippen LogP contribution in [0.2, 0.25) is 0 Å². The maximum atomic E-state index is 12.9. The van der Waals surface area contributed by atoms with E-state index in [1.807, 2.05) is 132 Å². The van der Waals surface area contributed by atoms with Crippen LogP contribution in [0.25, 0.3) is 0 Å². The van der Waals surface area contributed by atoms with Gasteiger partial charge in [-0.15, -0.1) is 0 Å². The minimum atomic E-state index is -0.555. The summed E-state index contributed by atoms with van der Waals surface area (Å²) in [5, 5.41) is 19.1. The smallest absolute Gasteiger partial charge is 0.410 e. The number of likely N-dealkylation sites (tertiary alicyclic amines) is 2. The number of carbonyl (C=O) groups excluding carboxylic acids is 4. The van der Waals surface area contributed by atoms with Gasteiger partial charge in [0.25, 0.3) is 11.8 Å². The first-order valence-electron chi connectivity index (χ1n) is 29.9. The Morgan fingerprint density at radius 2 is 0.882 bits per heavy atom. The first kappa shape index (κ1) is 63.5. The lowest BCUT2D eigenvalue weighted by atomic mass is 9.78. The van der Waals surface area contributed by atoms with E-state index in [9.17, 15) is 24.3 Å². The molecule has 10 rings (SSSR count). The standard InChI is InChI=1S/C27H34N2O5.C22H26N2O3.C19H29NO4/c1-17-12-23(18-6-9-21(32-5)10-7-18)20(15-29(17)26(31)34-27(2,3)4)16-33-22-11-8-19-14-28-25(30)24(19)13-22;1-14-9-20(15-3-6-18(26-2)7-4-15)17(12-23-14)13-27-19-8-5-16-11-24-22(25)21(16)10-19;1-13-10-17(14-6-8-16(23-5)9-7-14)15(12-21)11-20(13)18(22)24-19(2,3)4/h6-11,13,17,20,23H,12,14-16H2,1-5H3,(H,28,30);3-8,10,14,17,20,23H,9,11-13H2,1-2H3,(H,24,25);6-9,13,15,17,21H,10-12H2,1-5H3/t17-,20+,23+;14-,17+,20+;13-,15-,17-/m111/s1. The van der Waals surface area contributed by atoms with Crippen LogP contribution >= 0.6 is 0 Å². The van der Waals surface area contributed by atoms with Gasteiger partial charge in [0.2, 0.25) is 0 Å². The third-order valence-electron chi connectivity index (χ3n) is 16.7. The molecule has 4 amide bonds. The zero-order chi connectivity index (χ0) is 61.2. The van der Waals surface area contributed by atoms with Gasteiger partial charge in [-0.2, -0.15) is 0 Å². The number of nitrogens with zero attached hydrogens (tertiary/aromatic N) is 2. The molecule has 0 bridgehead atoms. The Bertz CT molecular complexity index is 3050. The highest BCUT2D eigenvalue weighted by molar-refractivity contribution is 5.99. The first-order chi connectivity index (χ1) is 40.5. The lowest BCUT2D eigenvalue weighted by Crippen LogP contribution is -2.51. The van der Waals surface area contributed by atoms with Crippen molar-refractivity contribution >= 4 is 24.0 Å². The molecule has 0 saturated carbocycles. The fourth-order valence-electron chi connectivity index (χ4n) is 12.1. The molecule has 4 N–H and O–H groups in total. The van der Waals surface area contributed by atoms with E-state index in [2.05, 4.69) is 54.1 Å². The normalized spacial score (nSPS) is 23.5. The van der Waals surface area contributed by atoms with E-state index in [0.717, 1.165) is 65.5 Å². The number of rotatable bonds is 13. The lowest BCUT2D eigenvalue weighted by Gasteiger charge is -2.43. The molecular formula is C68H89N5O12. The van der Waals surface area contributed by atoms with E-state index < -0.39 is 11.2 Å². The Labute approximate surface area is 502 Å². The summed E-state index contributed by atoms with van der Waals surface area (Å²) in [4.78, 5) is 52.8. The van der Waals surface area contributed by atoms with Crippen molar-refractivity contribution in [2.75, 3.05) is 60.8 Å². The maximum Gasteiger partial charge on any atom is 0.410 e. The Hall–Kier alpha value is -7.50. The molecule has 0 unspecified atom stereocenters. The minimum Gasteiger partial charge on any atom is -0.497 e. The summed E-state index contributed by atoms with van der Waals surface area (Å²) >= 11 is 0. The predicted octanol–water partition coefficient (Wildman–Crippen LogP) is 11.3. The summed E-state index contributed by atoms with van der Waals surface area (Å²) in [7, 11) is 4.99. The lowest BCUT2D eigenvalue weighted by molar-refractivity contribution is -0.00363. The van der Waals surface area contributed by atoms with Crippen LogP contribution in [0.4, 0.5) is 9.59 Å². The number of methoxy groups -OCH3 is 3. The van der Waals surface area contributed by atoms with Crippen molar-refractivity contribution in [1.82, 2.24) is 25.8 Å². The van der Waals surface area contributed by atoms with E-state index in [0.29, 0.717) is 68.6 Å². The SMILES string of the molecule is COc1ccc([C@@H]2C[C@@H](C)N(C(=O)OC(C)(C)C)C[C@H]2COc2ccc3c(c2)C(=O)NC3)cc1.COc1ccc([C@@H]2C[C@@H](C)NC[C@H]2COc2ccc3c(c2)C(=O)NC3)cc1.COc1ccc([C@H]2C[C@@H](C)N(C(=O)OC(C)(C)C)C[C@@H]2CO)cc1. The molecule has 458 valence electrons. The molecule has 0 radical (unpaired) electrons. The van der Waals surface area contributed by atoms with Crippen LogP contribution in [0.3, 0.4) is 0 Å². The van der Waals surface area contributed by atoms with Crippen LogP contribution < -0.4 is 39.6 Å². The Morgan fingerprint density at radius 1 is 0.518 bits per heavy atom. The van der Waals surface area contributed by atoms with Crippen LogP contribution in [0.5, 0.6) is 28.7 Å². The number of nitrogens with one attached hydrogen (secondary N) is 3. The number of aliphatic hydroxyl groups excluding tert-OH is 1. The third kappa shape index (κ3) is 16.7. The van der Waals surface area contributed by atoms with Crippen molar-refractivity contribution in [1.29, 1.82) is 0 Å². The van der Waals surface area contributed by atoms with Crippen molar-refractivity contribution in [3.05, 3.63) is 148 Å². The largest absolute Gasteiger partial charge is 0.497 e. The van der Waals surface area contributed by atoms with Gasteiger partial charge in [-0.3, -0.25) is 9.59 Å². The number of ether oxygens (including phenoxy) is 7. The van der Waals surface area contributed by atoms with Crippen LogP contribution in [0, 0.1) is 17.8 Å². The van der Waals surface area contributed by atoms with Gasteiger partial charge in [-0.1, -0.05) is 48.5 Å². The van der Waals surface area contributed by atoms with E-state index in [1.165, 1.54) is 16.7 Å². The number of hydrogen-bond donors (Lipinski definition) is 4. The zero-order valence-corrected chi connectivity index (χ0v) is 51.7. The van der Waals surface area contributed by atoms with Crippen molar-refractivity contribution in [3.63, 3.8) is 0 Å². The number of amides is 4. The molecular weight excluding hydrogens is 1080 g/mol. The highest BCUT2D eigenvalue weighted by Gasteiger charge is 2.40. The molecule has 0 aromatic heterocycles. The number of hydrogen-bond acceptors (Lipinski definition) is 13. The summed E-state index contributed by atoms with van der Waals surface area (Å²) in [5.41, 5.74) is 6.04. The highest BCUT2D eigenvalue weighted by Crippen LogP contribution is 2.40. The van der Waals surface area contributed by atoms with Gasteiger partial charge in [0.05, 0.1) is 34.5 Å². The van der Waals surface area contributed by atoms with Crippen LogP contribution in [0.1, 0.15) is 148 Å². The second-order valence-corrected chi connectivity index (χ2v) is 25.2. The number of aliphatic hydroxyl groups is 1. The topological polar surface area (TPSA) is 196 Å². The summed E-state index contributed by atoms with van der Waals surface area (Å²) in [6.07, 6.45) is 2.07. The van der Waals surface area contributed by atoms with E-state index >= 15 is 0 Å². The first-order valence-corrected chi connectivity index (χ1v) is 29.9. The summed E-state index contributed by atoms with van der Waals surface area (Å²) < 4.78 is 39.3. The van der Waals surface area contributed by atoms with Crippen molar-refractivity contribution in [2.24, 2.45) is 17.8 Å². The average molecular weight is 1170 g/mol. The number of piperidine rings is 3. The van der Waals surface area contributed by atoms with Gasteiger partial charge in [-0.25, -0.2) is 9.59 Å². The molecule has 17 nitrogen and oxygen atoms in total. The number of carbonyl (C=O) groups is 4. The van der Waals surface area contributed by atoms with Crippen molar-refractivity contribution in [2.45, 2.75) is 142 Å². The third-order valence-corrected chi connectivity index (χ3v) is 16.7. The Morgan fingerprint density at radius 3 is 1.27 bits per heavy atom. The molecule has 0 spiro atoms. The van der Waals surface area contributed by atoms with Gasteiger partial charge < -0.3 is 64.0 Å². The Kier molecular flexibility index (Phi) is 21.0. The maximum absolute atomic E-state index is 12.9. The van der Waals surface area contributed by atoms with E-state index in [1.54, 1.807) is 32.3 Å². The van der Waals surface area contributed by atoms with Gasteiger partial charge in [0, 0.05) is 86.3 Å². The molecule has 9 atom stereocenters. The second kappa shape index (κ2) is 28.1. The molecule has 5 aliphatic heterocycles. The van der Waals surface area contributed by atoms with Crippen LogP contribution in [-0.4, -0.2) is 129 Å². The van der Waals surface area contributed by atoms with Crippen LogP contribution in [0.15, 0.2) is 109 Å². The number of benzene rings is 5. The predicted molar refractivity (Wildman–Crippen MR) is 327 cm³/mol. The van der Waals surface area contributed by atoms with E-state index in [4.69, 9.17) is 33.2 Å². The molecule has 0 aliphatic carbocycles. The van der Waals surface area contributed by atoms with Crippen molar-refractivity contribution < 1.29 is 57.4 Å². The molecule has 85 heavy (non-hydrogen) atoms. The molecule has 3 saturated heterocycles. The fraction of sp³-hybridized carbons (Fsp3) is 0.500. The molecule has 5 aliphatic rings. The summed E-state index contributed by atoms with van der Waals surface area (Å²) in [6, 6.07) is 36.5. The molecule has 3 fully saturated rings. The summed E-state index contributed by atoms with van der Waals surface area (Å²) in [6.45, 7) is 21.8. The summed E-state index contributed by atoms with van der Waals surface area (Å²) in [5.74, 6) is 5.13. The van der Waals surface area contributed by atoms with Crippen molar-refractivity contribution in [3.8, 4) is 28.7 Å². The molecule has 5 aromatic carbocycles. The Balaban J connectivity index is 0.000000169.